The monoisotopic (exact) mass is 358 g/mol. The van der Waals surface area contributed by atoms with Gasteiger partial charge in [0.05, 0.1) is 0 Å². The largest absolute Gasteiger partial charge is 0.149 e. The molecule has 0 fully saturated rings. The molecule has 0 N–H and O–H groups in total. The average Bonchev–Trinajstić information content (AvgIpc) is 2.74. The maximum atomic E-state index is 3.78. The molecule has 1 aromatic carbocycles. The van der Waals surface area contributed by atoms with Crippen molar-refractivity contribution >= 4 is 43.2 Å². The summed E-state index contributed by atoms with van der Waals surface area (Å²) in [4.78, 5) is 1.81. The third-order valence-corrected chi connectivity index (χ3v) is 4.75. The number of aryl methyl sites for hydroxylation is 1. The normalized spacial score (nSPS) is 12.7. The van der Waals surface area contributed by atoms with Crippen LogP contribution in [-0.4, -0.2) is 0 Å². The van der Waals surface area contributed by atoms with Crippen molar-refractivity contribution in [2.24, 2.45) is 0 Å². The molecule has 2 aromatic rings. The van der Waals surface area contributed by atoms with E-state index in [9.17, 15) is 0 Å². The second-order valence-electron chi connectivity index (χ2n) is 3.75. The number of hydrogen-bond donors (Lipinski definition) is 0. The Balaban J connectivity index is 2.20. The Morgan fingerprint density at radius 1 is 1.31 bits per heavy atom. The second kappa shape index (κ2) is 5.48. The average molecular weight is 360 g/mol. The standard InChI is InChI=1S/C13H12Br2S/c1-9-4-5-10(14)7-12(9)13(15)8-11-3-2-6-16-11/h2-7,13H,8H2,1H3. The van der Waals surface area contributed by atoms with Gasteiger partial charge in [-0.3, -0.25) is 0 Å². The van der Waals surface area contributed by atoms with Crippen molar-refractivity contribution in [3.63, 3.8) is 0 Å². The van der Waals surface area contributed by atoms with Gasteiger partial charge in [-0.15, -0.1) is 11.3 Å². The van der Waals surface area contributed by atoms with Crippen molar-refractivity contribution in [1.29, 1.82) is 0 Å². The van der Waals surface area contributed by atoms with Crippen LogP contribution in [0, 0.1) is 6.92 Å². The number of benzene rings is 1. The van der Waals surface area contributed by atoms with E-state index in [1.165, 1.54) is 16.0 Å². The summed E-state index contributed by atoms with van der Waals surface area (Å²) in [5.41, 5.74) is 2.70. The van der Waals surface area contributed by atoms with Crippen LogP contribution in [0.4, 0.5) is 0 Å². The number of alkyl halides is 1. The summed E-state index contributed by atoms with van der Waals surface area (Å²) < 4.78 is 1.14. The minimum absolute atomic E-state index is 0.392. The minimum atomic E-state index is 0.392. The highest BCUT2D eigenvalue weighted by Crippen LogP contribution is 2.32. The molecule has 3 heteroatoms. The topological polar surface area (TPSA) is 0 Å². The molecular formula is C13H12Br2S. The summed E-state index contributed by atoms with van der Waals surface area (Å²) in [5, 5.41) is 2.13. The lowest BCUT2D eigenvalue weighted by Crippen LogP contribution is -1.96. The Hall–Kier alpha value is -0.120. The van der Waals surface area contributed by atoms with Gasteiger partial charge in [-0.05, 0) is 48.1 Å². The van der Waals surface area contributed by atoms with E-state index in [1.807, 2.05) is 11.3 Å². The number of rotatable bonds is 3. The fourth-order valence-corrected chi connectivity index (χ4v) is 3.85. The van der Waals surface area contributed by atoms with Crippen LogP contribution in [0.2, 0.25) is 0 Å². The molecule has 1 atom stereocenters. The first-order valence-electron chi connectivity index (χ1n) is 5.09. The molecule has 0 aliphatic rings. The molecular weight excluding hydrogens is 348 g/mol. The molecule has 0 nitrogen and oxygen atoms in total. The molecule has 0 aliphatic heterocycles. The van der Waals surface area contributed by atoms with Crippen LogP contribution in [0.3, 0.4) is 0 Å². The van der Waals surface area contributed by atoms with E-state index in [0.717, 1.165) is 10.9 Å². The smallest absolute Gasteiger partial charge is 0.0446 e. The minimum Gasteiger partial charge on any atom is -0.149 e. The summed E-state index contributed by atoms with van der Waals surface area (Å²) in [7, 11) is 0. The molecule has 0 spiro atoms. The van der Waals surface area contributed by atoms with Crippen molar-refractivity contribution in [2.75, 3.05) is 0 Å². The number of hydrogen-bond acceptors (Lipinski definition) is 1. The van der Waals surface area contributed by atoms with Gasteiger partial charge in [-0.2, -0.15) is 0 Å². The van der Waals surface area contributed by atoms with Gasteiger partial charge >= 0.3 is 0 Å². The number of halogens is 2. The highest BCUT2D eigenvalue weighted by molar-refractivity contribution is 9.10. The van der Waals surface area contributed by atoms with Gasteiger partial charge in [-0.1, -0.05) is 44.0 Å². The van der Waals surface area contributed by atoms with Crippen molar-refractivity contribution in [1.82, 2.24) is 0 Å². The van der Waals surface area contributed by atoms with Crippen LogP contribution in [-0.2, 0) is 6.42 Å². The van der Waals surface area contributed by atoms with E-state index in [2.05, 4.69) is 74.5 Å². The van der Waals surface area contributed by atoms with Gasteiger partial charge in [-0.25, -0.2) is 0 Å². The van der Waals surface area contributed by atoms with Crippen molar-refractivity contribution in [2.45, 2.75) is 18.2 Å². The summed E-state index contributed by atoms with van der Waals surface area (Å²) in [5.74, 6) is 0. The Bertz CT molecular complexity index is 463. The Kier molecular flexibility index (Phi) is 4.22. The lowest BCUT2D eigenvalue weighted by atomic mass is 10.0. The van der Waals surface area contributed by atoms with Crippen LogP contribution in [0.5, 0.6) is 0 Å². The van der Waals surface area contributed by atoms with Crippen LogP contribution in [0.15, 0.2) is 40.2 Å². The molecule has 0 saturated heterocycles. The second-order valence-corrected chi connectivity index (χ2v) is 6.81. The van der Waals surface area contributed by atoms with Crippen LogP contribution < -0.4 is 0 Å². The highest BCUT2D eigenvalue weighted by Gasteiger charge is 2.12. The Morgan fingerprint density at radius 2 is 2.12 bits per heavy atom. The van der Waals surface area contributed by atoms with Crippen LogP contribution in [0.25, 0.3) is 0 Å². The summed E-state index contributed by atoms with van der Waals surface area (Å²) >= 11 is 9.12. The maximum Gasteiger partial charge on any atom is 0.0446 e. The van der Waals surface area contributed by atoms with Crippen LogP contribution in [0.1, 0.15) is 20.8 Å². The zero-order valence-corrected chi connectivity index (χ0v) is 12.9. The van der Waals surface area contributed by atoms with E-state index in [4.69, 9.17) is 0 Å². The van der Waals surface area contributed by atoms with Gasteiger partial charge in [0.2, 0.25) is 0 Å². The molecule has 2 rings (SSSR count). The zero-order chi connectivity index (χ0) is 11.5. The molecule has 1 aromatic heterocycles. The lowest BCUT2D eigenvalue weighted by molar-refractivity contribution is 0.955. The molecule has 0 radical (unpaired) electrons. The SMILES string of the molecule is Cc1ccc(Br)cc1C(Br)Cc1cccs1. The van der Waals surface area contributed by atoms with Gasteiger partial charge in [0.1, 0.15) is 0 Å². The van der Waals surface area contributed by atoms with E-state index >= 15 is 0 Å². The summed E-state index contributed by atoms with van der Waals surface area (Å²) in [6, 6.07) is 10.7. The van der Waals surface area contributed by atoms with E-state index in [0.29, 0.717) is 4.83 Å². The highest BCUT2D eigenvalue weighted by atomic mass is 79.9. The lowest BCUT2D eigenvalue weighted by Gasteiger charge is -2.12. The zero-order valence-electron chi connectivity index (χ0n) is 8.91. The van der Waals surface area contributed by atoms with Crippen molar-refractivity contribution in [3.8, 4) is 0 Å². The van der Waals surface area contributed by atoms with Gasteiger partial charge in [0.25, 0.3) is 0 Å². The first-order valence-corrected chi connectivity index (χ1v) is 7.68. The third-order valence-electron chi connectivity index (χ3n) is 2.54. The van der Waals surface area contributed by atoms with E-state index in [-0.39, 0.29) is 0 Å². The Morgan fingerprint density at radius 3 is 2.81 bits per heavy atom. The summed E-state index contributed by atoms with van der Waals surface area (Å²) in [6.45, 7) is 2.16. The molecule has 0 aliphatic carbocycles. The van der Waals surface area contributed by atoms with Crippen molar-refractivity contribution in [3.05, 3.63) is 56.2 Å². The Labute approximate surface area is 117 Å². The molecule has 0 amide bonds. The molecule has 84 valence electrons. The van der Waals surface area contributed by atoms with Gasteiger partial charge in [0.15, 0.2) is 0 Å². The molecule has 0 saturated carbocycles. The first kappa shape index (κ1) is 12.3. The third kappa shape index (κ3) is 2.96. The fraction of sp³-hybridized carbons (Fsp3) is 0.231. The maximum absolute atomic E-state index is 3.78. The van der Waals surface area contributed by atoms with Gasteiger partial charge < -0.3 is 0 Å². The quantitative estimate of drug-likeness (QED) is 0.635. The van der Waals surface area contributed by atoms with Gasteiger partial charge in [0, 0.05) is 14.2 Å². The summed E-state index contributed by atoms with van der Waals surface area (Å²) in [6.07, 6.45) is 1.05. The predicted molar refractivity (Wildman–Crippen MR) is 78.6 cm³/mol. The van der Waals surface area contributed by atoms with E-state index in [1.54, 1.807) is 0 Å². The predicted octanol–water partition coefficient (Wildman–Crippen LogP) is 5.50. The molecule has 16 heavy (non-hydrogen) atoms. The molecule has 1 heterocycles. The fourth-order valence-electron chi connectivity index (χ4n) is 1.66. The van der Waals surface area contributed by atoms with Crippen molar-refractivity contribution < 1.29 is 0 Å². The molecule has 0 bridgehead atoms. The number of thiophene rings is 1. The first-order chi connectivity index (χ1) is 7.66. The van der Waals surface area contributed by atoms with Crippen LogP contribution >= 0.6 is 43.2 Å². The molecule has 1 unspecified atom stereocenters. The van der Waals surface area contributed by atoms with E-state index < -0.39 is 0 Å².